The molecule has 0 bridgehead atoms. The lowest BCUT2D eigenvalue weighted by Gasteiger charge is -2.25. The first-order chi connectivity index (χ1) is 26.0. The van der Waals surface area contributed by atoms with Crippen molar-refractivity contribution in [1.82, 2.24) is 20.9 Å². The Bertz CT molecular complexity index is 1460. The summed E-state index contributed by atoms with van der Waals surface area (Å²) in [6.07, 6.45) is 6.88. The number of amides is 5. The van der Waals surface area contributed by atoms with E-state index in [1.165, 1.54) is 12.5 Å². The van der Waals surface area contributed by atoms with Crippen LogP contribution in [0.4, 0.5) is 5.69 Å². The minimum Gasteiger partial charge on any atom is -0.461 e. The van der Waals surface area contributed by atoms with Gasteiger partial charge in [0.05, 0.1) is 59.4 Å². The monoisotopic (exact) mass is 757 g/mol. The zero-order chi connectivity index (χ0) is 39.1. The second-order valence-corrected chi connectivity index (χ2v) is 13.0. The van der Waals surface area contributed by atoms with E-state index in [1.807, 2.05) is 6.08 Å². The molecule has 0 saturated heterocycles. The Hall–Kier alpha value is -4.64. The van der Waals surface area contributed by atoms with E-state index in [1.54, 1.807) is 49.1 Å². The number of allylic oxidation sites excluding steroid dienone is 2. The molecule has 0 radical (unpaired) electrons. The van der Waals surface area contributed by atoms with Crippen LogP contribution in [0.1, 0.15) is 58.4 Å². The number of ether oxygens (including phenoxy) is 5. The normalized spacial score (nSPS) is 14.1. The predicted octanol–water partition coefficient (Wildman–Crippen LogP) is 1.74. The summed E-state index contributed by atoms with van der Waals surface area (Å²) in [7, 11) is 0. The number of hydrogen-bond donors (Lipinski definition) is 4. The molecule has 3 rings (SSSR count). The third kappa shape index (κ3) is 17.0. The minimum absolute atomic E-state index is 0.0494. The van der Waals surface area contributed by atoms with E-state index in [-0.39, 0.29) is 68.8 Å². The van der Waals surface area contributed by atoms with Gasteiger partial charge in [-0.1, -0.05) is 26.0 Å². The van der Waals surface area contributed by atoms with Gasteiger partial charge in [-0.3, -0.25) is 28.8 Å². The molecule has 1 fully saturated rings. The van der Waals surface area contributed by atoms with E-state index in [2.05, 4.69) is 21.3 Å². The van der Waals surface area contributed by atoms with Gasteiger partial charge in [-0.05, 0) is 54.5 Å². The summed E-state index contributed by atoms with van der Waals surface area (Å²) in [6, 6.07) is 5.93. The van der Waals surface area contributed by atoms with Gasteiger partial charge in [-0.2, -0.15) is 0 Å². The molecule has 1 atom stereocenters. The van der Waals surface area contributed by atoms with Crippen molar-refractivity contribution in [2.75, 3.05) is 77.8 Å². The minimum atomic E-state index is -0.828. The van der Waals surface area contributed by atoms with Gasteiger partial charge in [0.2, 0.25) is 23.6 Å². The molecule has 5 amide bonds. The summed E-state index contributed by atoms with van der Waals surface area (Å²) in [4.78, 5) is 74.4. The third-order valence-electron chi connectivity index (χ3n) is 8.35. The summed E-state index contributed by atoms with van der Waals surface area (Å²) in [5.74, 6) is -2.07. The molecule has 4 N–H and O–H groups in total. The highest BCUT2D eigenvalue weighted by atomic mass is 16.6. The van der Waals surface area contributed by atoms with Gasteiger partial charge in [0, 0.05) is 50.3 Å². The fourth-order valence-corrected chi connectivity index (χ4v) is 5.22. The van der Waals surface area contributed by atoms with Crippen LogP contribution in [0.15, 0.2) is 47.7 Å². The number of nitrogens with zero attached hydrogens (tertiary/aromatic N) is 1. The number of anilines is 1. The summed E-state index contributed by atoms with van der Waals surface area (Å²) in [5, 5.41) is 10.7. The molecule has 1 aromatic rings. The maximum atomic E-state index is 12.7. The number of rotatable bonds is 26. The molecule has 54 heavy (non-hydrogen) atoms. The fraction of sp³-hybridized carbons (Fsp3) is 0.579. The summed E-state index contributed by atoms with van der Waals surface area (Å²) in [5.41, 5.74) is 3.53. The molecule has 0 aromatic heterocycles. The van der Waals surface area contributed by atoms with Crippen molar-refractivity contribution in [3.05, 3.63) is 53.3 Å². The molecule has 1 saturated carbocycles. The van der Waals surface area contributed by atoms with Gasteiger partial charge in [0.25, 0.3) is 5.91 Å². The van der Waals surface area contributed by atoms with E-state index >= 15 is 0 Å². The molecule has 1 heterocycles. The smallest absolute Gasteiger partial charge is 0.302 e. The SMILES string of the molecule is CC(=O)OCc1ccc(NC(=O)CNC(=O)C(NC(=O)CCOCCOCCOCCOCCNC(=O)CCN2C(=O)C=CC2=C2CCC2)C(C)C)cc1. The lowest BCUT2D eigenvalue weighted by Crippen LogP contribution is -2.51. The Morgan fingerprint density at radius 1 is 0.759 bits per heavy atom. The molecule has 16 nitrogen and oxygen atoms in total. The number of hydrogen-bond acceptors (Lipinski definition) is 11. The summed E-state index contributed by atoms with van der Waals surface area (Å²) >= 11 is 0. The van der Waals surface area contributed by atoms with Crippen LogP contribution in [0.5, 0.6) is 0 Å². The Morgan fingerprint density at radius 2 is 1.39 bits per heavy atom. The maximum absolute atomic E-state index is 12.7. The van der Waals surface area contributed by atoms with Crippen molar-refractivity contribution in [2.45, 2.75) is 65.5 Å². The number of carbonyl (C=O) groups is 6. The van der Waals surface area contributed by atoms with Crippen LogP contribution < -0.4 is 21.3 Å². The quantitative estimate of drug-likeness (QED) is 0.0793. The van der Waals surface area contributed by atoms with Crippen molar-refractivity contribution in [3.63, 3.8) is 0 Å². The molecular weight excluding hydrogens is 702 g/mol. The first kappa shape index (κ1) is 43.8. The second kappa shape index (κ2) is 24.6. The molecule has 16 heteroatoms. The van der Waals surface area contributed by atoms with Gasteiger partial charge in [-0.25, -0.2) is 0 Å². The molecule has 1 aliphatic heterocycles. The number of esters is 1. The molecule has 1 aliphatic carbocycles. The molecule has 1 aromatic carbocycles. The Labute approximate surface area is 316 Å². The van der Waals surface area contributed by atoms with E-state index in [4.69, 9.17) is 23.7 Å². The van der Waals surface area contributed by atoms with Crippen LogP contribution >= 0.6 is 0 Å². The van der Waals surface area contributed by atoms with Gasteiger partial charge >= 0.3 is 5.97 Å². The van der Waals surface area contributed by atoms with Crippen LogP contribution in [-0.2, 0) is 59.1 Å². The van der Waals surface area contributed by atoms with Gasteiger partial charge in [0.1, 0.15) is 12.6 Å². The van der Waals surface area contributed by atoms with Crippen LogP contribution in [-0.4, -0.2) is 119 Å². The average Bonchev–Trinajstić information content (AvgIpc) is 3.47. The topological polar surface area (TPSA) is 200 Å². The van der Waals surface area contributed by atoms with Crippen LogP contribution in [0.2, 0.25) is 0 Å². The molecular formula is C38H55N5O11. The van der Waals surface area contributed by atoms with E-state index in [0.717, 1.165) is 30.5 Å². The van der Waals surface area contributed by atoms with Crippen LogP contribution in [0.25, 0.3) is 0 Å². The zero-order valence-corrected chi connectivity index (χ0v) is 31.6. The molecule has 0 spiro atoms. The lowest BCUT2D eigenvalue weighted by atomic mass is 9.90. The predicted molar refractivity (Wildman–Crippen MR) is 198 cm³/mol. The highest BCUT2D eigenvalue weighted by molar-refractivity contribution is 5.96. The summed E-state index contributed by atoms with van der Waals surface area (Å²) in [6.45, 7) is 8.08. The van der Waals surface area contributed by atoms with Crippen LogP contribution in [0, 0.1) is 5.92 Å². The Morgan fingerprint density at radius 3 is 1.98 bits per heavy atom. The Kier molecular flexibility index (Phi) is 20.0. The lowest BCUT2D eigenvalue weighted by molar-refractivity contribution is -0.142. The zero-order valence-electron chi connectivity index (χ0n) is 31.6. The highest BCUT2D eigenvalue weighted by Gasteiger charge is 2.26. The van der Waals surface area contributed by atoms with Gasteiger partial charge < -0.3 is 49.9 Å². The average molecular weight is 758 g/mol. The second-order valence-electron chi connectivity index (χ2n) is 13.0. The summed E-state index contributed by atoms with van der Waals surface area (Å²) < 4.78 is 26.8. The number of carbonyl (C=O) groups excluding carboxylic acids is 6. The molecule has 2 aliphatic rings. The Balaban J connectivity index is 1.11. The molecule has 298 valence electrons. The maximum Gasteiger partial charge on any atom is 0.302 e. The number of benzene rings is 1. The van der Waals surface area contributed by atoms with Gasteiger partial charge in [0.15, 0.2) is 0 Å². The van der Waals surface area contributed by atoms with E-state index < -0.39 is 17.9 Å². The largest absolute Gasteiger partial charge is 0.461 e. The highest BCUT2D eigenvalue weighted by Crippen LogP contribution is 2.33. The van der Waals surface area contributed by atoms with Gasteiger partial charge in [-0.15, -0.1) is 0 Å². The van der Waals surface area contributed by atoms with Crippen molar-refractivity contribution in [1.29, 1.82) is 0 Å². The van der Waals surface area contributed by atoms with Crippen LogP contribution in [0.3, 0.4) is 0 Å². The first-order valence-corrected chi connectivity index (χ1v) is 18.4. The van der Waals surface area contributed by atoms with Crippen molar-refractivity contribution >= 4 is 41.2 Å². The van der Waals surface area contributed by atoms with Crippen molar-refractivity contribution in [2.24, 2.45) is 5.92 Å². The standard InChI is InChI=1S/C38H55N5O11/c1-27(2)37(38(49)40-25-35(47)41-31-9-7-29(8-10-31)26-54-28(3)44)42-34(46)14-17-50-19-21-52-23-24-53-22-20-51-18-15-39-33(45)13-16-43-32(11-12-36(43)48)30-5-4-6-30/h7-12,27,37H,4-6,13-26H2,1-3H3,(H,39,45)(H,40,49)(H,41,47)(H,42,46). The van der Waals surface area contributed by atoms with E-state index in [9.17, 15) is 28.8 Å². The third-order valence-corrected chi connectivity index (χ3v) is 8.35. The van der Waals surface area contributed by atoms with Crippen molar-refractivity contribution in [3.8, 4) is 0 Å². The molecule has 1 unspecified atom stereocenters. The van der Waals surface area contributed by atoms with Crippen molar-refractivity contribution < 1.29 is 52.5 Å². The van der Waals surface area contributed by atoms with E-state index in [0.29, 0.717) is 58.4 Å². The number of nitrogens with one attached hydrogen (secondary N) is 4. The first-order valence-electron chi connectivity index (χ1n) is 18.4. The fourth-order valence-electron chi connectivity index (χ4n) is 5.22.